The highest BCUT2D eigenvalue weighted by Gasteiger charge is 2.07. The van der Waals surface area contributed by atoms with Gasteiger partial charge in [0.1, 0.15) is 0 Å². The first-order chi connectivity index (χ1) is 6.27. The van der Waals surface area contributed by atoms with Crippen LogP contribution >= 0.6 is 0 Å². The zero-order chi connectivity index (χ0) is 9.68. The molecule has 1 aromatic carbocycles. The van der Waals surface area contributed by atoms with Gasteiger partial charge in [-0.15, -0.1) is 0 Å². The molecule has 0 spiro atoms. The number of aliphatic hydroxyl groups is 1. The number of hydrogen-bond donors (Lipinski definition) is 3. The summed E-state index contributed by atoms with van der Waals surface area (Å²) in [7, 11) is 1.88. The van der Waals surface area contributed by atoms with Gasteiger partial charge >= 0.3 is 0 Å². The van der Waals surface area contributed by atoms with Gasteiger partial charge in [0.2, 0.25) is 0 Å². The summed E-state index contributed by atoms with van der Waals surface area (Å²) in [6, 6.07) is 7.90. The van der Waals surface area contributed by atoms with E-state index >= 15 is 0 Å². The number of nitrogens with two attached hydrogens (primary N) is 1. The van der Waals surface area contributed by atoms with Crippen LogP contribution in [0.3, 0.4) is 0 Å². The molecule has 1 atom stereocenters. The first kappa shape index (κ1) is 10.0. The van der Waals surface area contributed by atoms with E-state index in [1.807, 2.05) is 31.3 Å². The quantitative estimate of drug-likeness (QED) is 0.604. The van der Waals surface area contributed by atoms with Crippen molar-refractivity contribution in [2.75, 3.05) is 19.4 Å². The normalized spacial score (nSPS) is 12.8. The van der Waals surface area contributed by atoms with Gasteiger partial charge < -0.3 is 16.2 Å². The van der Waals surface area contributed by atoms with Crippen LogP contribution < -0.4 is 11.1 Å². The molecule has 0 aliphatic carbocycles. The SMILES string of the molecule is CNC(CCO)c1cccc(N)c1. The number of hydrogen-bond acceptors (Lipinski definition) is 3. The Labute approximate surface area is 78.6 Å². The third-order valence-corrected chi connectivity index (χ3v) is 2.08. The largest absolute Gasteiger partial charge is 0.399 e. The zero-order valence-electron chi connectivity index (χ0n) is 7.83. The second-order valence-electron chi connectivity index (χ2n) is 3.02. The number of benzene rings is 1. The van der Waals surface area contributed by atoms with Crippen molar-refractivity contribution in [2.24, 2.45) is 0 Å². The average molecular weight is 180 g/mol. The topological polar surface area (TPSA) is 58.3 Å². The first-order valence-electron chi connectivity index (χ1n) is 4.41. The summed E-state index contributed by atoms with van der Waals surface area (Å²) in [5, 5.41) is 12.0. The molecule has 0 radical (unpaired) electrons. The highest BCUT2D eigenvalue weighted by Crippen LogP contribution is 2.17. The Morgan fingerprint density at radius 3 is 2.85 bits per heavy atom. The summed E-state index contributed by atoms with van der Waals surface area (Å²) in [4.78, 5) is 0. The van der Waals surface area contributed by atoms with Crippen LogP contribution in [0.2, 0.25) is 0 Å². The minimum atomic E-state index is 0.181. The van der Waals surface area contributed by atoms with Crippen LogP contribution in [-0.2, 0) is 0 Å². The monoisotopic (exact) mass is 180 g/mol. The Morgan fingerprint density at radius 2 is 2.31 bits per heavy atom. The van der Waals surface area contributed by atoms with Crippen molar-refractivity contribution in [3.05, 3.63) is 29.8 Å². The lowest BCUT2D eigenvalue weighted by Gasteiger charge is -2.15. The van der Waals surface area contributed by atoms with Crippen molar-refractivity contribution >= 4 is 5.69 Å². The van der Waals surface area contributed by atoms with Crippen LogP contribution in [0.25, 0.3) is 0 Å². The summed E-state index contributed by atoms with van der Waals surface area (Å²) in [6.07, 6.45) is 0.708. The maximum atomic E-state index is 8.83. The fraction of sp³-hybridized carbons (Fsp3) is 0.400. The molecule has 0 amide bonds. The smallest absolute Gasteiger partial charge is 0.0449 e. The van der Waals surface area contributed by atoms with Crippen molar-refractivity contribution in [1.29, 1.82) is 0 Å². The third kappa shape index (κ3) is 2.72. The molecule has 3 heteroatoms. The van der Waals surface area contributed by atoms with Crippen LogP contribution in [0.1, 0.15) is 18.0 Å². The summed E-state index contributed by atoms with van der Waals surface area (Å²) in [6.45, 7) is 0.181. The van der Waals surface area contributed by atoms with E-state index in [1.165, 1.54) is 0 Å². The van der Waals surface area contributed by atoms with Crippen LogP contribution in [0.4, 0.5) is 5.69 Å². The van der Waals surface area contributed by atoms with Crippen molar-refractivity contribution < 1.29 is 5.11 Å². The number of nitrogen functional groups attached to an aromatic ring is 1. The molecule has 0 aliphatic heterocycles. The molecule has 1 rings (SSSR count). The third-order valence-electron chi connectivity index (χ3n) is 2.08. The predicted molar refractivity (Wildman–Crippen MR) is 54.4 cm³/mol. The minimum absolute atomic E-state index is 0.181. The lowest BCUT2D eigenvalue weighted by atomic mass is 10.0. The summed E-state index contributed by atoms with van der Waals surface area (Å²) < 4.78 is 0. The van der Waals surface area contributed by atoms with Crippen LogP contribution in [0.5, 0.6) is 0 Å². The van der Waals surface area contributed by atoms with Gasteiger partial charge in [-0.05, 0) is 31.2 Å². The van der Waals surface area contributed by atoms with E-state index < -0.39 is 0 Å². The van der Waals surface area contributed by atoms with E-state index in [0.29, 0.717) is 6.42 Å². The van der Waals surface area contributed by atoms with Gasteiger partial charge in [-0.2, -0.15) is 0 Å². The Morgan fingerprint density at radius 1 is 1.54 bits per heavy atom. The molecule has 1 aromatic rings. The molecule has 0 heterocycles. The van der Waals surface area contributed by atoms with Gasteiger partial charge in [-0.1, -0.05) is 12.1 Å². The molecule has 0 bridgehead atoms. The van der Waals surface area contributed by atoms with E-state index in [9.17, 15) is 0 Å². The highest BCUT2D eigenvalue weighted by molar-refractivity contribution is 5.41. The Kier molecular flexibility index (Phi) is 3.73. The van der Waals surface area contributed by atoms with Gasteiger partial charge in [0.25, 0.3) is 0 Å². The van der Waals surface area contributed by atoms with Gasteiger partial charge in [0.05, 0.1) is 0 Å². The number of nitrogens with one attached hydrogen (secondary N) is 1. The summed E-state index contributed by atoms with van der Waals surface area (Å²) in [5.74, 6) is 0. The maximum absolute atomic E-state index is 8.83. The molecular formula is C10H16N2O. The lowest BCUT2D eigenvalue weighted by molar-refractivity contribution is 0.269. The number of anilines is 1. The van der Waals surface area contributed by atoms with E-state index in [0.717, 1.165) is 11.3 Å². The lowest BCUT2D eigenvalue weighted by Crippen LogP contribution is -2.17. The highest BCUT2D eigenvalue weighted by atomic mass is 16.3. The Balaban J connectivity index is 2.78. The summed E-state index contributed by atoms with van der Waals surface area (Å²) in [5.41, 5.74) is 7.54. The molecule has 4 N–H and O–H groups in total. The fourth-order valence-electron chi connectivity index (χ4n) is 1.38. The molecule has 1 unspecified atom stereocenters. The zero-order valence-corrected chi connectivity index (χ0v) is 7.83. The standard InChI is InChI=1S/C10H16N2O/c1-12-10(5-6-13)8-3-2-4-9(11)7-8/h2-4,7,10,12-13H,5-6,11H2,1H3. The van der Waals surface area contributed by atoms with Crippen molar-refractivity contribution in [1.82, 2.24) is 5.32 Å². The molecule has 72 valence electrons. The van der Waals surface area contributed by atoms with E-state index in [-0.39, 0.29) is 12.6 Å². The van der Waals surface area contributed by atoms with Crippen LogP contribution in [0.15, 0.2) is 24.3 Å². The molecule has 0 aliphatic rings. The Hall–Kier alpha value is -1.06. The number of aliphatic hydroxyl groups excluding tert-OH is 1. The molecule has 0 saturated carbocycles. The Bertz CT molecular complexity index is 263. The molecule has 0 fully saturated rings. The van der Waals surface area contributed by atoms with Gasteiger partial charge in [0, 0.05) is 18.3 Å². The van der Waals surface area contributed by atoms with Crippen molar-refractivity contribution in [3.63, 3.8) is 0 Å². The summed E-state index contributed by atoms with van der Waals surface area (Å²) >= 11 is 0. The molecule has 3 nitrogen and oxygen atoms in total. The van der Waals surface area contributed by atoms with Crippen LogP contribution in [0, 0.1) is 0 Å². The molecule has 13 heavy (non-hydrogen) atoms. The second-order valence-corrected chi connectivity index (χ2v) is 3.02. The average Bonchev–Trinajstić information content (AvgIpc) is 2.14. The predicted octanol–water partition coefficient (Wildman–Crippen LogP) is 0.912. The number of rotatable bonds is 4. The van der Waals surface area contributed by atoms with E-state index in [4.69, 9.17) is 10.8 Å². The maximum Gasteiger partial charge on any atom is 0.0449 e. The van der Waals surface area contributed by atoms with Gasteiger partial charge in [-0.25, -0.2) is 0 Å². The first-order valence-corrected chi connectivity index (χ1v) is 4.41. The van der Waals surface area contributed by atoms with E-state index in [2.05, 4.69) is 5.32 Å². The molecular weight excluding hydrogens is 164 g/mol. The van der Waals surface area contributed by atoms with Crippen molar-refractivity contribution in [3.8, 4) is 0 Å². The minimum Gasteiger partial charge on any atom is -0.399 e. The van der Waals surface area contributed by atoms with Crippen molar-refractivity contribution in [2.45, 2.75) is 12.5 Å². The second kappa shape index (κ2) is 4.84. The fourth-order valence-corrected chi connectivity index (χ4v) is 1.38. The van der Waals surface area contributed by atoms with E-state index in [1.54, 1.807) is 0 Å². The van der Waals surface area contributed by atoms with Gasteiger partial charge in [0.15, 0.2) is 0 Å². The molecule has 0 aromatic heterocycles. The van der Waals surface area contributed by atoms with Gasteiger partial charge in [-0.3, -0.25) is 0 Å². The molecule has 0 saturated heterocycles. The van der Waals surface area contributed by atoms with Crippen LogP contribution in [-0.4, -0.2) is 18.8 Å².